The first kappa shape index (κ1) is 13.4. The van der Waals surface area contributed by atoms with E-state index in [1.807, 2.05) is 6.92 Å². The molecule has 1 amide bonds. The lowest BCUT2D eigenvalue weighted by Gasteiger charge is -2.10. The van der Waals surface area contributed by atoms with Gasteiger partial charge in [0.15, 0.2) is 0 Å². The van der Waals surface area contributed by atoms with Gasteiger partial charge < -0.3 is 11.1 Å². The molecule has 0 spiro atoms. The van der Waals surface area contributed by atoms with Gasteiger partial charge in [-0.2, -0.15) is 0 Å². The minimum absolute atomic E-state index is 0.219. The number of nitrogens with two attached hydrogens (primary N) is 1. The summed E-state index contributed by atoms with van der Waals surface area (Å²) in [5.74, 6) is -0.909. The molecule has 0 aromatic heterocycles. The molecule has 0 aliphatic carbocycles. The van der Waals surface area contributed by atoms with Crippen LogP contribution in [0.1, 0.15) is 15.9 Å². The van der Waals surface area contributed by atoms with Crippen molar-refractivity contribution in [2.45, 2.75) is 6.92 Å². The zero-order chi connectivity index (χ0) is 14.0. The van der Waals surface area contributed by atoms with Crippen molar-refractivity contribution in [3.63, 3.8) is 0 Å². The smallest absolute Gasteiger partial charge is 0.255 e. The Morgan fingerprint density at radius 3 is 2.74 bits per heavy atom. The Morgan fingerprint density at radius 2 is 2.05 bits per heavy atom. The highest BCUT2D eigenvalue weighted by Crippen LogP contribution is 2.27. The highest BCUT2D eigenvalue weighted by atomic mass is 35.5. The summed E-state index contributed by atoms with van der Waals surface area (Å²) in [5, 5.41) is 3.11. The summed E-state index contributed by atoms with van der Waals surface area (Å²) in [7, 11) is 0. The Morgan fingerprint density at radius 1 is 1.32 bits per heavy atom. The van der Waals surface area contributed by atoms with Crippen molar-refractivity contribution >= 4 is 28.9 Å². The van der Waals surface area contributed by atoms with Crippen molar-refractivity contribution in [2.75, 3.05) is 11.1 Å². The normalized spacial score (nSPS) is 10.3. The zero-order valence-corrected chi connectivity index (χ0v) is 11.0. The number of rotatable bonds is 2. The number of carbonyl (C=O) groups is 1. The molecule has 3 N–H and O–H groups in total. The van der Waals surface area contributed by atoms with Crippen molar-refractivity contribution in [3.05, 3.63) is 58.4 Å². The number of nitrogen functional groups attached to an aromatic ring is 1. The molecule has 0 saturated heterocycles. The standard InChI is InChI=1S/C14H12ClFN2O/c1-8-5-12(17)13(7-11(8)15)18-14(19)9-3-2-4-10(16)6-9/h2-7H,17H2,1H3,(H,18,19). The number of amides is 1. The van der Waals surface area contributed by atoms with Gasteiger partial charge in [0, 0.05) is 10.6 Å². The molecule has 0 saturated carbocycles. The van der Waals surface area contributed by atoms with Gasteiger partial charge in [0.2, 0.25) is 0 Å². The largest absolute Gasteiger partial charge is 0.397 e. The highest BCUT2D eigenvalue weighted by molar-refractivity contribution is 6.32. The maximum Gasteiger partial charge on any atom is 0.255 e. The van der Waals surface area contributed by atoms with Gasteiger partial charge in [-0.15, -0.1) is 0 Å². The summed E-state index contributed by atoms with van der Waals surface area (Å²) in [6.07, 6.45) is 0. The quantitative estimate of drug-likeness (QED) is 0.824. The number of benzene rings is 2. The third-order valence-electron chi connectivity index (χ3n) is 2.67. The molecule has 0 radical (unpaired) electrons. The Labute approximate surface area is 115 Å². The summed E-state index contributed by atoms with van der Waals surface area (Å²) < 4.78 is 13.0. The fraction of sp³-hybridized carbons (Fsp3) is 0.0714. The zero-order valence-electron chi connectivity index (χ0n) is 10.2. The average molecular weight is 279 g/mol. The third kappa shape index (κ3) is 3.03. The lowest BCUT2D eigenvalue weighted by Crippen LogP contribution is -2.13. The summed E-state index contributed by atoms with van der Waals surface area (Å²) >= 11 is 5.97. The Hall–Kier alpha value is -2.07. The van der Waals surface area contributed by atoms with Crippen molar-refractivity contribution in [3.8, 4) is 0 Å². The Balaban J connectivity index is 2.27. The molecule has 19 heavy (non-hydrogen) atoms. The molecule has 0 heterocycles. The summed E-state index contributed by atoms with van der Waals surface area (Å²) in [4.78, 5) is 11.9. The van der Waals surface area contributed by atoms with E-state index in [9.17, 15) is 9.18 Å². The monoisotopic (exact) mass is 278 g/mol. The van der Waals surface area contributed by atoms with E-state index >= 15 is 0 Å². The van der Waals surface area contributed by atoms with E-state index in [1.165, 1.54) is 18.2 Å². The van der Waals surface area contributed by atoms with Gasteiger partial charge in [-0.05, 0) is 42.8 Å². The van der Waals surface area contributed by atoms with E-state index in [2.05, 4.69) is 5.32 Å². The summed E-state index contributed by atoms with van der Waals surface area (Å²) in [6, 6.07) is 8.66. The van der Waals surface area contributed by atoms with Crippen LogP contribution in [0.15, 0.2) is 36.4 Å². The fourth-order valence-corrected chi connectivity index (χ4v) is 1.80. The van der Waals surface area contributed by atoms with Crippen LogP contribution >= 0.6 is 11.6 Å². The first-order valence-electron chi connectivity index (χ1n) is 5.60. The molecule has 0 bridgehead atoms. The number of hydrogen-bond acceptors (Lipinski definition) is 2. The fourth-order valence-electron chi connectivity index (χ4n) is 1.64. The average Bonchev–Trinajstić information content (AvgIpc) is 2.36. The van der Waals surface area contributed by atoms with Crippen molar-refractivity contribution in [1.29, 1.82) is 0 Å². The van der Waals surface area contributed by atoms with Crippen molar-refractivity contribution < 1.29 is 9.18 Å². The molecular weight excluding hydrogens is 267 g/mol. The van der Waals surface area contributed by atoms with Crippen LogP contribution < -0.4 is 11.1 Å². The predicted molar refractivity (Wildman–Crippen MR) is 75.0 cm³/mol. The van der Waals surface area contributed by atoms with E-state index in [0.717, 1.165) is 11.6 Å². The number of halogens is 2. The summed E-state index contributed by atoms with van der Waals surface area (Å²) in [6.45, 7) is 1.82. The highest BCUT2D eigenvalue weighted by Gasteiger charge is 2.10. The summed E-state index contributed by atoms with van der Waals surface area (Å²) in [5.41, 5.74) is 7.66. The van der Waals surface area contributed by atoms with Crippen LogP contribution in [0, 0.1) is 12.7 Å². The van der Waals surface area contributed by atoms with Crippen LogP contribution in [0.4, 0.5) is 15.8 Å². The first-order valence-corrected chi connectivity index (χ1v) is 5.97. The second kappa shape index (κ2) is 5.28. The molecule has 5 heteroatoms. The molecule has 3 nitrogen and oxygen atoms in total. The maximum atomic E-state index is 13.0. The van der Waals surface area contributed by atoms with Crippen LogP contribution in [-0.4, -0.2) is 5.91 Å². The molecule has 0 fully saturated rings. The van der Waals surface area contributed by atoms with Gasteiger partial charge in [0.25, 0.3) is 5.91 Å². The number of anilines is 2. The topological polar surface area (TPSA) is 55.1 Å². The maximum absolute atomic E-state index is 13.0. The van der Waals surface area contributed by atoms with Gasteiger partial charge in [-0.1, -0.05) is 17.7 Å². The minimum Gasteiger partial charge on any atom is -0.397 e. The molecule has 0 atom stereocenters. The van der Waals surface area contributed by atoms with E-state index in [4.69, 9.17) is 17.3 Å². The number of nitrogens with one attached hydrogen (secondary N) is 1. The first-order chi connectivity index (χ1) is 8.97. The van der Waals surface area contributed by atoms with Crippen LogP contribution in [0.2, 0.25) is 5.02 Å². The molecule has 2 rings (SSSR count). The predicted octanol–water partition coefficient (Wildman–Crippen LogP) is 3.62. The third-order valence-corrected chi connectivity index (χ3v) is 3.07. The molecule has 2 aromatic rings. The second-order valence-corrected chi connectivity index (χ2v) is 4.56. The molecule has 2 aromatic carbocycles. The lowest BCUT2D eigenvalue weighted by atomic mass is 10.1. The molecule has 0 aliphatic heterocycles. The lowest BCUT2D eigenvalue weighted by molar-refractivity contribution is 0.102. The van der Waals surface area contributed by atoms with Crippen molar-refractivity contribution in [2.24, 2.45) is 0 Å². The van der Waals surface area contributed by atoms with Crippen LogP contribution in [-0.2, 0) is 0 Å². The second-order valence-electron chi connectivity index (χ2n) is 4.15. The Kier molecular flexibility index (Phi) is 3.71. The number of aryl methyl sites for hydroxylation is 1. The van der Waals surface area contributed by atoms with E-state index < -0.39 is 11.7 Å². The van der Waals surface area contributed by atoms with Gasteiger partial charge in [0.05, 0.1) is 11.4 Å². The van der Waals surface area contributed by atoms with Gasteiger partial charge in [0.1, 0.15) is 5.82 Å². The number of carbonyl (C=O) groups excluding carboxylic acids is 1. The van der Waals surface area contributed by atoms with Crippen molar-refractivity contribution in [1.82, 2.24) is 0 Å². The Bertz CT molecular complexity index is 643. The van der Waals surface area contributed by atoms with E-state index in [1.54, 1.807) is 12.1 Å². The number of hydrogen-bond donors (Lipinski definition) is 2. The van der Waals surface area contributed by atoms with Gasteiger partial charge in [-0.3, -0.25) is 4.79 Å². The SMILES string of the molecule is Cc1cc(N)c(NC(=O)c2cccc(F)c2)cc1Cl. The van der Waals surface area contributed by atoms with Crippen LogP contribution in [0.3, 0.4) is 0 Å². The molecule has 0 unspecified atom stereocenters. The van der Waals surface area contributed by atoms with Crippen LogP contribution in [0.25, 0.3) is 0 Å². The minimum atomic E-state index is -0.470. The van der Waals surface area contributed by atoms with E-state index in [-0.39, 0.29) is 5.56 Å². The van der Waals surface area contributed by atoms with E-state index in [0.29, 0.717) is 16.4 Å². The molecular formula is C14H12ClFN2O. The van der Waals surface area contributed by atoms with Gasteiger partial charge in [-0.25, -0.2) is 4.39 Å². The molecule has 0 aliphatic rings. The van der Waals surface area contributed by atoms with Crippen LogP contribution in [0.5, 0.6) is 0 Å². The van der Waals surface area contributed by atoms with Gasteiger partial charge >= 0.3 is 0 Å². The molecule has 98 valence electrons.